The fourth-order valence-corrected chi connectivity index (χ4v) is 1.50. The van der Waals surface area contributed by atoms with E-state index in [0.29, 0.717) is 11.6 Å². The molecular weight excluding hydrogens is 258 g/mol. The van der Waals surface area contributed by atoms with Crippen LogP contribution in [0.15, 0.2) is 24.3 Å². The van der Waals surface area contributed by atoms with Gasteiger partial charge in [-0.3, -0.25) is 4.79 Å². The number of carboxylic acid groups (broad SMARTS) is 1. The molecule has 0 aliphatic heterocycles. The van der Waals surface area contributed by atoms with Crippen molar-refractivity contribution in [3.05, 3.63) is 34.9 Å². The molecule has 6 heteroatoms. The fraction of sp³-hybridized carbons (Fsp3) is 0.333. The molecule has 1 N–H and O–H groups in total. The number of rotatable bonds is 6. The monoisotopic (exact) mass is 271 g/mol. The average Bonchev–Trinajstić information content (AvgIpc) is 2.31. The number of amides is 1. The number of carboxylic acids is 1. The Labute approximate surface area is 110 Å². The Hall–Kier alpha value is -1.59. The summed E-state index contributed by atoms with van der Waals surface area (Å²) in [6.07, 6.45) is 0. The highest BCUT2D eigenvalue weighted by atomic mass is 35.5. The van der Waals surface area contributed by atoms with Crippen LogP contribution in [0, 0.1) is 0 Å². The predicted octanol–water partition coefficient (Wildman–Crippen LogP) is 1.40. The van der Waals surface area contributed by atoms with E-state index < -0.39 is 12.6 Å². The Morgan fingerprint density at radius 1 is 1.33 bits per heavy atom. The third-order valence-corrected chi connectivity index (χ3v) is 2.61. The van der Waals surface area contributed by atoms with Crippen molar-refractivity contribution in [2.75, 3.05) is 20.3 Å². The summed E-state index contributed by atoms with van der Waals surface area (Å²) in [6.45, 7) is -0.381. The van der Waals surface area contributed by atoms with Gasteiger partial charge in [0.15, 0.2) is 0 Å². The van der Waals surface area contributed by atoms with Gasteiger partial charge in [-0.1, -0.05) is 29.8 Å². The molecule has 18 heavy (non-hydrogen) atoms. The average molecular weight is 272 g/mol. The van der Waals surface area contributed by atoms with E-state index in [1.165, 1.54) is 4.90 Å². The van der Waals surface area contributed by atoms with Crippen LogP contribution in [-0.4, -0.2) is 42.1 Å². The van der Waals surface area contributed by atoms with Crippen molar-refractivity contribution in [3.63, 3.8) is 0 Å². The van der Waals surface area contributed by atoms with Gasteiger partial charge in [-0.15, -0.1) is 0 Å². The SMILES string of the molecule is CN(Cc1ccccc1Cl)C(=O)COCC(=O)O. The summed E-state index contributed by atoms with van der Waals surface area (Å²) in [4.78, 5) is 23.3. The highest BCUT2D eigenvalue weighted by molar-refractivity contribution is 6.31. The van der Waals surface area contributed by atoms with Crippen molar-refractivity contribution in [1.29, 1.82) is 0 Å². The number of ether oxygens (including phenoxy) is 1. The minimum absolute atomic E-state index is 0.257. The number of carbonyl (C=O) groups excluding carboxylic acids is 1. The number of nitrogens with zero attached hydrogens (tertiary/aromatic N) is 1. The van der Waals surface area contributed by atoms with E-state index in [1.807, 2.05) is 18.2 Å². The van der Waals surface area contributed by atoms with Crippen LogP contribution in [0.4, 0.5) is 0 Å². The van der Waals surface area contributed by atoms with Crippen molar-refractivity contribution in [1.82, 2.24) is 4.90 Å². The molecule has 0 aliphatic carbocycles. The largest absolute Gasteiger partial charge is 0.480 e. The Balaban J connectivity index is 2.45. The molecule has 1 rings (SSSR count). The Morgan fingerprint density at radius 2 is 2.00 bits per heavy atom. The first-order chi connectivity index (χ1) is 8.50. The number of hydrogen-bond acceptors (Lipinski definition) is 3. The predicted molar refractivity (Wildman–Crippen MR) is 66.4 cm³/mol. The highest BCUT2D eigenvalue weighted by Gasteiger charge is 2.11. The van der Waals surface area contributed by atoms with Gasteiger partial charge in [0.25, 0.3) is 0 Å². The minimum atomic E-state index is -1.10. The van der Waals surface area contributed by atoms with Crippen LogP contribution in [0.25, 0.3) is 0 Å². The standard InChI is InChI=1S/C12H14ClNO4/c1-14(11(15)7-18-8-12(16)17)6-9-4-2-3-5-10(9)13/h2-5H,6-8H2,1H3,(H,16,17). The van der Waals surface area contributed by atoms with E-state index in [1.54, 1.807) is 13.1 Å². The van der Waals surface area contributed by atoms with E-state index >= 15 is 0 Å². The Bertz CT molecular complexity index is 436. The van der Waals surface area contributed by atoms with Crippen LogP contribution < -0.4 is 0 Å². The van der Waals surface area contributed by atoms with Gasteiger partial charge in [0.1, 0.15) is 13.2 Å². The van der Waals surface area contributed by atoms with Crippen LogP contribution >= 0.6 is 11.6 Å². The number of carbonyl (C=O) groups is 2. The highest BCUT2D eigenvalue weighted by Crippen LogP contribution is 2.16. The molecule has 0 saturated carbocycles. The molecule has 0 radical (unpaired) electrons. The molecule has 98 valence electrons. The van der Waals surface area contributed by atoms with E-state index in [0.717, 1.165) is 5.56 Å². The summed E-state index contributed by atoms with van der Waals surface area (Å²) in [5.74, 6) is -1.40. The molecule has 0 bridgehead atoms. The smallest absolute Gasteiger partial charge is 0.329 e. The maximum atomic E-state index is 11.6. The van der Waals surface area contributed by atoms with Crippen LogP contribution in [0.5, 0.6) is 0 Å². The molecule has 0 fully saturated rings. The fourth-order valence-electron chi connectivity index (χ4n) is 1.31. The lowest BCUT2D eigenvalue weighted by molar-refractivity contribution is -0.145. The molecule has 0 unspecified atom stereocenters. The lowest BCUT2D eigenvalue weighted by Gasteiger charge is -2.17. The third kappa shape index (κ3) is 4.73. The zero-order chi connectivity index (χ0) is 13.5. The second kappa shape index (κ2) is 6.98. The first kappa shape index (κ1) is 14.5. The quantitative estimate of drug-likeness (QED) is 0.849. The molecule has 1 aromatic rings. The lowest BCUT2D eigenvalue weighted by Crippen LogP contribution is -2.30. The van der Waals surface area contributed by atoms with Crippen molar-refractivity contribution in [2.45, 2.75) is 6.54 Å². The normalized spacial score (nSPS) is 10.1. The molecule has 1 amide bonds. The van der Waals surface area contributed by atoms with Gasteiger partial charge in [-0.25, -0.2) is 4.79 Å². The lowest BCUT2D eigenvalue weighted by atomic mass is 10.2. The number of hydrogen-bond donors (Lipinski definition) is 1. The zero-order valence-electron chi connectivity index (χ0n) is 9.93. The van der Waals surface area contributed by atoms with Gasteiger partial charge >= 0.3 is 5.97 Å². The second-order valence-corrected chi connectivity index (χ2v) is 4.13. The van der Waals surface area contributed by atoms with Gasteiger partial charge in [0.2, 0.25) is 5.91 Å². The van der Waals surface area contributed by atoms with Crippen molar-refractivity contribution < 1.29 is 19.4 Å². The number of aliphatic carboxylic acids is 1. The van der Waals surface area contributed by atoms with Gasteiger partial charge in [-0.2, -0.15) is 0 Å². The molecule has 0 saturated heterocycles. The summed E-state index contributed by atoms with van der Waals surface area (Å²) >= 11 is 5.97. The molecule has 1 aromatic carbocycles. The first-order valence-corrected chi connectivity index (χ1v) is 5.65. The summed E-state index contributed by atoms with van der Waals surface area (Å²) < 4.78 is 4.72. The molecule has 0 atom stereocenters. The summed E-state index contributed by atoms with van der Waals surface area (Å²) in [7, 11) is 1.61. The van der Waals surface area contributed by atoms with Gasteiger partial charge in [0.05, 0.1) is 0 Å². The molecule has 5 nitrogen and oxygen atoms in total. The zero-order valence-corrected chi connectivity index (χ0v) is 10.7. The van der Waals surface area contributed by atoms with Crippen LogP contribution in [0.1, 0.15) is 5.56 Å². The number of benzene rings is 1. The van der Waals surface area contributed by atoms with E-state index in [2.05, 4.69) is 0 Å². The van der Waals surface area contributed by atoms with E-state index in [-0.39, 0.29) is 12.5 Å². The Morgan fingerprint density at radius 3 is 2.61 bits per heavy atom. The van der Waals surface area contributed by atoms with Crippen molar-refractivity contribution in [2.24, 2.45) is 0 Å². The maximum absolute atomic E-state index is 11.6. The van der Waals surface area contributed by atoms with Crippen molar-refractivity contribution in [3.8, 4) is 0 Å². The topological polar surface area (TPSA) is 66.8 Å². The number of likely N-dealkylation sites (N-methyl/N-ethyl adjacent to an activating group) is 1. The van der Waals surface area contributed by atoms with Crippen LogP contribution in [-0.2, 0) is 20.9 Å². The second-order valence-electron chi connectivity index (χ2n) is 3.73. The number of halogens is 1. The summed E-state index contributed by atoms with van der Waals surface area (Å²) in [5, 5.41) is 8.96. The maximum Gasteiger partial charge on any atom is 0.329 e. The summed E-state index contributed by atoms with van der Waals surface area (Å²) in [6, 6.07) is 7.21. The van der Waals surface area contributed by atoms with Crippen LogP contribution in [0.3, 0.4) is 0 Å². The molecule has 0 heterocycles. The first-order valence-electron chi connectivity index (χ1n) is 5.27. The van der Waals surface area contributed by atoms with Crippen molar-refractivity contribution >= 4 is 23.5 Å². The Kier molecular flexibility index (Phi) is 5.61. The molecule has 0 aliphatic rings. The molecular formula is C12H14ClNO4. The molecule has 0 aromatic heterocycles. The van der Waals surface area contributed by atoms with Crippen LogP contribution in [0.2, 0.25) is 5.02 Å². The van der Waals surface area contributed by atoms with Gasteiger partial charge in [0, 0.05) is 18.6 Å². The third-order valence-electron chi connectivity index (χ3n) is 2.24. The van der Waals surface area contributed by atoms with Gasteiger partial charge in [-0.05, 0) is 11.6 Å². The minimum Gasteiger partial charge on any atom is -0.480 e. The molecule has 0 spiro atoms. The van der Waals surface area contributed by atoms with Gasteiger partial charge < -0.3 is 14.7 Å². The van der Waals surface area contributed by atoms with E-state index in [9.17, 15) is 9.59 Å². The summed E-state index contributed by atoms with van der Waals surface area (Å²) in [5.41, 5.74) is 0.827. The van der Waals surface area contributed by atoms with E-state index in [4.69, 9.17) is 21.4 Å².